The van der Waals surface area contributed by atoms with Gasteiger partial charge < -0.3 is 14.1 Å². The molecule has 0 radical (unpaired) electrons. The van der Waals surface area contributed by atoms with E-state index in [1.54, 1.807) is 36.3 Å². The quantitative estimate of drug-likeness (QED) is 0.411. The summed E-state index contributed by atoms with van der Waals surface area (Å²) >= 11 is 8.75. The molecule has 7 atom stereocenters. The smallest absolute Gasteiger partial charge is 0.326 e. The number of carbonyl (C=O) groups is 3. The molecule has 10 heteroatoms. The van der Waals surface area contributed by atoms with E-state index < -0.39 is 5.97 Å². The summed E-state index contributed by atoms with van der Waals surface area (Å²) in [5.41, 5.74) is 0. The Morgan fingerprint density at radius 2 is 2.10 bits per heavy atom. The molecule has 2 aliphatic heterocycles. The van der Waals surface area contributed by atoms with E-state index in [4.69, 9.17) is 21.4 Å². The zero-order valence-electron chi connectivity index (χ0n) is 16.6. The van der Waals surface area contributed by atoms with E-state index in [0.717, 1.165) is 30.9 Å². The monoisotopic (exact) mass is 476 g/mol. The van der Waals surface area contributed by atoms with Crippen molar-refractivity contribution in [2.24, 2.45) is 29.6 Å². The summed E-state index contributed by atoms with van der Waals surface area (Å²) < 4.78 is 11.6. The summed E-state index contributed by atoms with van der Waals surface area (Å²) in [6.45, 7) is 1.64. The van der Waals surface area contributed by atoms with Crippen LogP contribution in [0.25, 0.3) is 0 Å². The molecule has 0 spiro atoms. The standard InChI is InChI=1S/C21H20N2O5S3/c1-2-27-11(24)7-23-19(25)13-8-6-9(14(13)20(23)26)16-12(8)15(10-4-3-5-28-10)17-18(30-16)22-21(29)31-17/h3-5,8-9,12-16H,2,6-7H2,1H3,(H,22,29). The van der Waals surface area contributed by atoms with Crippen LogP contribution in [-0.2, 0) is 19.1 Å². The number of H-pyrrole nitrogens is 1. The van der Waals surface area contributed by atoms with Gasteiger partial charge in [-0.1, -0.05) is 0 Å². The number of aromatic amines is 1. The summed E-state index contributed by atoms with van der Waals surface area (Å²) in [6.07, 6.45) is 2.54. The molecule has 0 aromatic carbocycles. The first-order valence-corrected chi connectivity index (χ1v) is 12.5. The summed E-state index contributed by atoms with van der Waals surface area (Å²) in [6, 6.07) is 3.88. The number of likely N-dealkylation sites (tertiary alicyclic amines) is 1. The van der Waals surface area contributed by atoms with Gasteiger partial charge >= 0.3 is 5.97 Å². The molecule has 31 heavy (non-hydrogen) atoms. The van der Waals surface area contributed by atoms with Crippen LogP contribution in [-0.4, -0.2) is 46.1 Å². The van der Waals surface area contributed by atoms with Gasteiger partial charge in [0.25, 0.3) is 0 Å². The van der Waals surface area contributed by atoms with Gasteiger partial charge in [-0.2, -0.15) is 0 Å². The number of ether oxygens (including phenoxy) is 1. The van der Waals surface area contributed by atoms with Crippen LogP contribution in [0.15, 0.2) is 27.8 Å². The molecule has 1 saturated heterocycles. The largest absolute Gasteiger partial charge is 0.469 e. The third-order valence-corrected chi connectivity index (χ3v) is 10.2. The maximum absolute atomic E-state index is 13.3. The molecule has 6 rings (SSSR count). The van der Waals surface area contributed by atoms with Gasteiger partial charge in [-0.05, 0) is 55.4 Å². The number of fused-ring (bicyclic) bond motifs is 9. The molecule has 7 nitrogen and oxygen atoms in total. The second-order valence-corrected chi connectivity index (χ2v) is 11.5. The summed E-state index contributed by atoms with van der Waals surface area (Å²) in [5, 5.41) is 1.26. The third kappa shape index (κ3) is 2.70. The van der Waals surface area contributed by atoms with Crippen LogP contribution in [0.5, 0.6) is 0 Å². The van der Waals surface area contributed by atoms with E-state index in [0.29, 0.717) is 0 Å². The second-order valence-electron chi connectivity index (χ2n) is 8.54. The summed E-state index contributed by atoms with van der Waals surface area (Å²) in [4.78, 5) is 44.1. The molecule has 162 valence electrons. The van der Waals surface area contributed by atoms with Crippen LogP contribution in [0.2, 0.25) is 0 Å². The average molecular weight is 477 g/mol. The van der Waals surface area contributed by atoms with E-state index in [9.17, 15) is 14.4 Å². The fraction of sp³-hybridized carbons (Fsp3) is 0.524. The van der Waals surface area contributed by atoms with Crippen LogP contribution >= 0.6 is 35.3 Å². The zero-order chi connectivity index (χ0) is 21.4. The van der Waals surface area contributed by atoms with Crippen LogP contribution in [0, 0.1) is 33.5 Å². The van der Waals surface area contributed by atoms with Gasteiger partial charge in [-0.3, -0.25) is 19.3 Å². The highest BCUT2D eigenvalue weighted by atomic mass is 32.2. The highest BCUT2D eigenvalue weighted by Gasteiger charge is 2.69. The number of aromatic nitrogens is 1. The van der Waals surface area contributed by atoms with Crippen LogP contribution < -0.4 is 0 Å². The Morgan fingerprint density at radius 1 is 1.32 bits per heavy atom. The molecule has 7 unspecified atom stereocenters. The van der Waals surface area contributed by atoms with Crippen molar-refractivity contribution in [3.05, 3.63) is 33.0 Å². The number of furan rings is 1. The van der Waals surface area contributed by atoms with Crippen LogP contribution in [0.1, 0.15) is 29.9 Å². The lowest BCUT2D eigenvalue weighted by atomic mass is 9.69. The fourth-order valence-corrected chi connectivity index (χ4v) is 9.67. The molecule has 2 aliphatic carbocycles. The van der Waals surface area contributed by atoms with Gasteiger partial charge in [0.05, 0.1) is 35.6 Å². The molecule has 4 heterocycles. The normalized spacial score (nSPS) is 35.3. The first-order chi connectivity index (χ1) is 15.0. The van der Waals surface area contributed by atoms with Crippen molar-refractivity contribution in [1.29, 1.82) is 0 Å². The number of rotatable bonds is 4. The first kappa shape index (κ1) is 19.8. The summed E-state index contributed by atoms with van der Waals surface area (Å²) in [7, 11) is 0. The third-order valence-electron chi connectivity index (χ3n) is 7.26. The number of carbonyl (C=O) groups excluding carboxylic acids is 3. The molecule has 2 bridgehead atoms. The number of amides is 2. The number of hydrogen-bond donors (Lipinski definition) is 1. The van der Waals surface area contributed by atoms with Crippen molar-refractivity contribution < 1.29 is 23.5 Å². The van der Waals surface area contributed by atoms with E-state index in [-0.39, 0.29) is 65.7 Å². The minimum atomic E-state index is -0.536. The van der Waals surface area contributed by atoms with E-state index in [2.05, 4.69) is 4.98 Å². The predicted octanol–water partition coefficient (Wildman–Crippen LogP) is 3.44. The number of hydrogen-bond acceptors (Lipinski definition) is 8. The molecule has 2 saturated carbocycles. The SMILES string of the molecule is CCOC(=O)CN1C(=O)C2C3CC(C2C1=O)C1C(c2ccco2)c2sc(=S)[nH]c2SC31. The predicted molar refractivity (Wildman–Crippen MR) is 115 cm³/mol. The molecular formula is C21H20N2O5S3. The maximum atomic E-state index is 13.3. The summed E-state index contributed by atoms with van der Waals surface area (Å²) in [5.74, 6) is -0.407. The maximum Gasteiger partial charge on any atom is 0.326 e. The highest BCUT2D eigenvalue weighted by Crippen LogP contribution is 2.68. The molecule has 1 N–H and O–H groups in total. The Balaban J connectivity index is 1.38. The lowest BCUT2D eigenvalue weighted by Crippen LogP contribution is -2.42. The number of nitrogens with one attached hydrogen (secondary N) is 1. The Kier molecular flexibility index (Phi) is 4.49. The Morgan fingerprint density at radius 3 is 2.81 bits per heavy atom. The van der Waals surface area contributed by atoms with Crippen LogP contribution in [0.4, 0.5) is 0 Å². The Labute approximate surface area is 191 Å². The van der Waals surface area contributed by atoms with E-state index in [1.165, 1.54) is 0 Å². The van der Waals surface area contributed by atoms with Crippen molar-refractivity contribution in [2.45, 2.75) is 29.5 Å². The fourth-order valence-electron chi connectivity index (χ4n) is 6.36. The number of esters is 1. The van der Waals surface area contributed by atoms with Crippen molar-refractivity contribution in [1.82, 2.24) is 9.88 Å². The number of nitrogens with zero attached hydrogens (tertiary/aromatic N) is 1. The van der Waals surface area contributed by atoms with Crippen molar-refractivity contribution in [3.63, 3.8) is 0 Å². The average Bonchev–Trinajstić information content (AvgIpc) is 3.52. The topological polar surface area (TPSA) is 92.6 Å². The van der Waals surface area contributed by atoms with Gasteiger partial charge in [-0.25, -0.2) is 0 Å². The lowest BCUT2D eigenvalue weighted by molar-refractivity contribution is -0.153. The minimum Gasteiger partial charge on any atom is -0.469 e. The zero-order valence-corrected chi connectivity index (χ0v) is 19.1. The van der Waals surface area contributed by atoms with Gasteiger partial charge in [0.15, 0.2) is 3.95 Å². The van der Waals surface area contributed by atoms with Gasteiger partial charge in [0, 0.05) is 10.1 Å². The van der Waals surface area contributed by atoms with Crippen molar-refractivity contribution >= 4 is 53.1 Å². The van der Waals surface area contributed by atoms with E-state index in [1.807, 2.05) is 12.1 Å². The second kappa shape index (κ2) is 7.05. The molecule has 4 aliphatic rings. The molecule has 2 amide bonds. The first-order valence-electron chi connectivity index (χ1n) is 10.4. The van der Waals surface area contributed by atoms with Crippen molar-refractivity contribution in [2.75, 3.05) is 13.2 Å². The lowest BCUT2D eigenvalue weighted by Gasteiger charge is -2.42. The molecule has 3 fully saturated rings. The molecule has 2 aromatic rings. The molecular weight excluding hydrogens is 456 g/mol. The Hall–Kier alpha value is -1.91. The number of thioether (sulfide) groups is 1. The van der Waals surface area contributed by atoms with Crippen molar-refractivity contribution in [3.8, 4) is 0 Å². The number of imide groups is 1. The molecule has 2 aromatic heterocycles. The van der Waals surface area contributed by atoms with E-state index >= 15 is 0 Å². The van der Waals surface area contributed by atoms with Gasteiger partial charge in [0.1, 0.15) is 12.3 Å². The van der Waals surface area contributed by atoms with Crippen LogP contribution in [0.3, 0.4) is 0 Å². The van der Waals surface area contributed by atoms with Gasteiger partial charge in [0.2, 0.25) is 11.8 Å². The minimum absolute atomic E-state index is 0.0205. The number of thiazole rings is 1. The Bertz CT molecular complexity index is 1140. The van der Waals surface area contributed by atoms with Gasteiger partial charge in [-0.15, -0.1) is 23.1 Å². The highest BCUT2D eigenvalue weighted by molar-refractivity contribution is 8.00.